The number of likely N-dealkylation sites (tertiary alicyclic amines) is 1. The summed E-state index contributed by atoms with van der Waals surface area (Å²) in [6, 6.07) is 0.276. The average Bonchev–Trinajstić information content (AvgIpc) is 2.34. The third kappa shape index (κ3) is 3.40. The highest BCUT2D eigenvalue weighted by Gasteiger charge is 2.28. The van der Waals surface area contributed by atoms with Crippen molar-refractivity contribution in [2.24, 2.45) is 5.92 Å². The maximum Gasteiger partial charge on any atom is 0.238 e. The molecule has 1 amide bonds. The van der Waals surface area contributed by atoms with E-state index in [2.05, 4.69) is 34.8 Å². The molecular formula is C12H24N4O. The van der Waals surface area contributed by atoms with Gasteiger partial charge in [-0.2, -0.15) is 0 Å². The molecular weight excluding hydrogens is 216 g/mol. The van der Waals surface area contributed by atoms with Gasteiger partial charge in [-0.25, -0.2) is 0 Å². The SMILES string of the molecule is CC1CN(C)CCC1NC(=O)C1CNCCN1. The first-order valence-corrected chi connectivity index (χ1v) is 6.60. The van der Waals surface area contributed by atoms with E-state index in [1.807, 2.05) is 0 Å². The van der Waals surface area contributed by atoms with Crippen LogP contribution in [0.15, 0.2) is 0 Å². The maximum atomic E-state index is 12.1. The topological polar surface area (TPSA) is 56.4 Å². The lowest BCUT2D eigenvalue weighted by Crippen LogP contribution is -2.59. The van der Waals surface area contributed by atoms with Crippen LogP contribution in [0.4, 0.5) is 0 Å². The summed E-state index contributed by atoms with van der Waals surface area (Å²) in [7, 11) is 2.14. The predicted molar refractivity (Wildman–Crippen MR) is 67.9 cm³/mol. The van der Waals surface area contributed by atoms with E-state index in [9.17, 15) is 4.79 Å². The summed E-state index contributed by atoms with van der Waals surface area (Å²) in [5.74, 6) is 0.688. The summed E-state index contributed by atoms with van der Waals surface area (Å²) < 4.78 is 0. The van der Waals surface area contributed by atoms with Gasteiger partial charge >= 0.3 is 0 Å². The van der Waals surface area contributed by atoms with Crippen LogP contribution in [0.1, 0.15) is 13.3 Å². The van der Waals surface area contributed by atoms with Crippen LogP contribution < -0.4 is 16.0 Å². The molecule has 2 saturated heterocycles. The number of carbonyl (C=O) groups excluding carboxylic acids is 1. The molecule has 17 heavy (non-hydrogen) atoms. The average molecular weight is 240 g/mol. The molecule has 3 atom stereocenters. The maximum absolute atomic E-state index is 12.1. The normalized spacial score (nSPS) is 35.5. The molecule has 2 aliphatic heterocycles. The first-order chi connectivity index (χ1) is 8.16. The van der Waals surface area contributed by atoms with Gasteiger partial charge in [-0.05, 0) is 25.9 Å². The van der Waals surface area contributed by atoms with Crippen LogP contribution in [0.5, 0.6) is 0 Å². The number of piperidine rings is 1. The fourth-order valence-electron chi connectivity index (χ4n) is 2.69. The van der Waals surface area contributed by atoms with Crippen molar-refractivity contribution in [2.45, 2.75) is 25.4 Å². The van der Waals surface area contributed by atoms with Crippen molar-refractivity contribution in [1.82, 2.24) is 20.9 Å². The number of rotatable bonds is 2. The van der Waals surface area contributed by atoms with Gasteiger partial charge in [-0.15, -0.1) is 0 Å². The van der Waals surface area contributed by atoms with Crippen molar-refractivity contribution in [1.29, 1.82) is 0 Å². The standard InChI is InChI=1S/C12H24N4O/c1-9-8-16(2)6-3-10(9)15-12(17)11-7-13-4-5-14-11/h9-11,13-14H,3-8H2,1-2H3,(H,15,17). The van der Waals surface area contributed by atoms with E-state index >= 15 is 0 Å². The van der Waals surface area contributed by atoms with E-state index in [1.165, 1.54) is 0 Å². The fraction of sp³-hybridized carbons (Fsp3) is 0.917. The summed E-state index contributed by atoms with van der Waals surface area (Å²) in [5.41, 5.74) is 0. The molecule has 2 aliphatic rings. The predicted octanol–water partition coefficient (Wildman–Crippen LogP) is -0.996. The lowest BCUT2D eigenvalue weighted by molar-refractivity contribution is -0.124. The minimum atomic E-state index is -0.0596. The number of hydrogen-bond acceptors (Lipinski definition) is 4. The van der Waals surface area contributed by atoms with Gasteiger partial charge < -0.3 is 20.9 Å². The van der Waals surface area contributed by atoms with Crippen LogP contribution in [0.3, 0.4) is 0 Å². The molecule has 2 fully saturated rings. The Balaban J connectivity index is 1.81. The molecule has 0 spiro atoms. The van der Waals surface area contributed by atoms with Gasteiger partial charge in [0.05, 0.1) is 6.04 Å². The van der Waals surface area contributed by atoms with E-state index < -0.39 is 0 Å². The molecule has 5 heteroatoms. The number of amides is 1. The molecule has 0 aliphatic carbocycles. The molecule has 0 radical (unpaired) electrons. The molecule has 5 nitrogen and oxygen atoms in total. The van der Waals surface area contributed by atoms with Crippen LogP contribution in [0.25, 0.3) is 0 Å². The summed E-state index contributed by atoms with van der Waals surface area (Å²) in [4.78, 5) is 14.4. The number of piperazine rings is 1. The number of carbonyl (C=O) groups is 1. The zero-order valence-electron chi connectivity index (χ0n) is 10.8. The number of hydrogen-bond donors (Lipinski definition) is 3. The Morgan fingerprint density at radius 1 is 1.41 bits per heavy atom. The van der Waals surface area contributed by atoms with E-state index in [-0.39, 0.29) is 11.9 Å². The highest BCUT2D eigenvalue weighted by atomic mass is 16.2. The van der Waals surface area contributed by atoms with Crippen LogP contribution in [0.2, 0.25) is 0 Å². The van der Waals surface area contributed by atoms with Crippen LogP contribution in [0, 0.1) is 5.92 Å². The fourth-order valence-corrected chi connectivity index (χ4v) is 2.69. The van der Waals surface area contributed by atoms with Crippen molar-refractivity contribution in [3.05, 3.63) is 0 Å². The Kier molecular flexibility index (Phi) is 4.36. The van der Waals surface area contributed by atoms with Crippen molar-refractivity contribution in [3.63, 3.8) is 0 Å². The molecule has 0 aromatic rings. The van der Waals surface area contributed by atoms with Gasteiger partial charge in [0.15, 0.2) is 0 Å². The van der Waals surface area contributed by atoms with E-state index in [0.29, 0.717) is 12.0 Å². The Bertz CT molecular complexity index is 265. The first-order valence-electron chi connectivity index (χ1n) is 6.60. The smallest absolute Gasteiger partial charge is 0.238 e. The first kappa shape index (κ1) is 12.8. The second-order valence-electron chi connectivity index (χ2n) is 5.35. The molecule has 98 valence electrons. The van der Waals surface area contributed by atoms with Crippen molar-refractivity contribution < 1.29 is 4.79 Å². The molecule has 3 unspecified atom stereocenters. The molecule has 3 N–H and O–H groups in total. The van der Waals surface area contributed by atoms with Gasteiger partial charge in [0.1, 0.15) is 0 Å². The van der Waals surface area contributed by atoms with Crippen molar-refractivity contribution >= 4 is 5.91 Å². The van der Waals surface area contributed by atoms with Gasteiger partial charge in [-0.3, -0.25) is 4.79 Å². The van der Waals surface area contributed by atoms with Gasteiger partial charge in [-0.1, -0.05) is 6.92 Å². The van der Waals surface area contributed by atoms with Crippen LogP contribution >= 0.6 is 0 Å². The minimum Gasteiger partial charge on any atom is -0.352 e. The molecule has 0 saturated carbocycles. The van der Waals surface area contributed by atoms with E-state index in [4.69, 9.17) is 0 Å². The number of nitrogens with zero attached hydrogens (tertiary/aromatic N) is 1. The quantitative estimate of drug-likeness (QED) is 0.580. The molecule has 2 rings (SSSR count). The van der Waals surface area contributed by atoms with Gasteiger partial charge in [0.25, 0.3) is 0 Å². The van der Waals surface area contributed by atoms with Crippen LogP contribution in [-0.4, -0.2) is 62.7 Å². The third-order valence-electron chi connectivity index (χ3n) is 3.79. The van der Waals surface area contributed by atoms with Crippen molar-refractivity contribution in [3.8, 4) is 0 Å². The largest absolute Gasteiger partial charge is 0.352 e. The zero-order chi connectivity index (χ0) is 12.3. The summed E-state index contributed by atoms with van der Waals surface area (Å²) in [6.07, 6.45) is 1.06. The van der Waals surface area contributed by atoms with Gasteiger partial charge in [0.2, 0.25) is 5.91 Å². The second kappa shape index (κ2) is 5.80. The van der Waals surface area contributed by atoms with Crippen molar-refractivity contribution in [2.75, 3.05) is 39.8 Å². The van der Waals surface area contributed by atoms with Crippen LogP contribution in [-0.2, 0) is 4.79 Å². The Morgan fingerprint density at radius 2 is 2.24 bits per heavy atom. The summed E-state index contributed by atoms with van der Waals surface area (Å²) in [5, 5.41) is 9.68. The minimum absolute atomic E-state index is 0.0596. The molecule has 0 aromatic heterocycles. The Morgan fingerprint density at radius 3 is 2.88 bits per heavy atom. The highest BCUT2D eigenvalue weighted by molar-refractivity contribution is 5.82. The molecule has 0 bridgehead atoms. The molecule has 0 aromatic carbocycles. The Hall–Kier alpha value is -0.650. The zero-order valence-corrected chi connectivity index (χ0v) is 10.8. The lowest BCUT2D eigenvalue weighted by atomic mass is 9.94. The lowest BCUT2D eigenvalue weighted by Gasteiger charge is -2.36. The second-order valence-corrected chi connectivity index (χ2v) is 5.35. The third-order valence-corrected chi connectivity index (χ3v) is 3.79. The summed E-state index contributed by atoms with van der Waals surface area (Å²) in [6.45, 7) is 6.93. The van der Waals surface area contributed by atoms with E-state index in [1.54, 1.807) is 0 Å². The van der Waals surface area contributed by atoms with E-state index in [0.717, 1.165) is 39.1 Å². The Labute approximate surface area is 103 Å². The summed E-state index contributed by atoms with van der Waals surface area (Å²) >= 11 is 0. The molecule has 2 heterocycles. The highest BCUT2D eigenvalue weighted by Crippen LogP contribution is 2.15. The van der Waals surface area contributed by atoms with Gasteiger partial charge in [0, 0.05) is 32.2 Å². The monoisotopic (exact) mass is 240 g/mol. The number of nitrogens with one attached hydrogen (secondary N) is 3.